The molecule has 1 fully saturated rings. The van der Waals surface area contributed by atoms with Crippen molar-refractivity contribution in [2.45, 2.75) is 30.8 Å². The van der Waals surface area contributed by atoms with Gasteiger partial charge in [0.2, 0.25) is 10.0 Å². The first-order valence-electron chi connectivity index (χ1n) is 7.44. The van der Waals surface area contributed by atoms with E-state index in [4.69, 9.17) is 9.47 Å². The van der Waals surface area contributed by atoms with E-state index < -0.39 is 10.0 Å². The zero-order chi connectivity index (χ0) is 16.2. The van der Waals surface area contributed by atoms with Gasteiger partial charge in [-0.2, -0.15) is 4.31 Å². The lowest BCUT2D eigenvalue weighted by Crippen LogP contribution is -2.57. The second kappa shape index (κ2) is 7.41. The number of nitrogens with one attached hydrogen (secondary N) is 1. The average molecular weight is 328 g/mol. The number of rotatable bonds is 6. The minimum absolute atomic E-state index is 0.0728. The summed E-state index contributed by atoms with van der Waals surface area (Å²) >= 11 is 0. The second-order valence-corrected chi connectivity index (χ2v) is 7.30. The van der Waals surface area contributed by atoms with Crippen molar-refractivity contribution < 1.29 is 17.9 Å². The highest BCUT2D eigenvalue weighted by atomic mass is 32.2. The zero-order valence-corrected chi connectivity index (χ0v) is 14.1. The molecule has 0 aliphatic carbocycles. The molecule has 1 aromatic carbocycles. The van der Waals surface area contributed by atoms with E-state index in [1.165, 1.54) is 0 Å². The van der Waals surface area contributed by atoms with E-state index in [1.54, 1.807) is 35.7 Å². The first-order chi connectivity index (χ1) is 10.5. The number of hydrogen-bond acceptors (Lipinski definition) is 5. The maximum Gasteiger partial charge on any atom is 0.243 e. The molecule has 0 spiro atoms. The molecule has 2 unspecified atom stereocenters. The Balaban J connectivity index is 2.12. The number of ether oxygens (including phenoxy) is 2. The average Bonchev–Trinajstić information content (AvgIpc) is 2.50. The fraction of sp³-hybridized carbons (Fsp3) is 0.600. The number of methoxy groups -OCH3 is 1. The molecular weight excluding hydrogens is 304 g/mol. The van der Waals surface area contributed by atoms with Gasteiger partial charge in [0.1, 0.15) is 12.4 Å². The molecule has 1 saturated heterocycles. The third-order valence-corrected chi connectivity index (χ3v) is 5.96. The molecule has 124 valence electrons. The molecule has 2 atom stereocenters. The topological polar surface area (TPSA) is 67.9 Å². The molecule has 0 radical (unpaired) electrons. The van der Waals surface area contributed by atoms with Gasteiger partial charge in [0, 0.05) is 32.3 Å². The minimum Gasteiger partial charge on any atom is -0.491 e. The highest BCUT2D eigenvalue weighted by molar-refractivity contribution is 7.89. The van der Waals surface area contributed by atoms with Crippen LogP contribution in [0.1, 0.15) is 13.8 Å². The lowest BCUT2D eigenvalue weighted by Gasteiger charge is -2.37. The molecule has 1 aliphatic heterocycles. The van der Waals surface area contributed by atoms with Gasteiger partial charge in [-0.05, 0) is 38.1 Å². The van der Waals surface area contributed by atoms with Crippen LogP contribution in [0.25, 0.3) is 0 Å². The lowest BCUT2D eigenvalue weighted by atomic mass is 10.1. The molecule has 0 saturated carbocycles. The maximum atomic E-state index is 12.8. The Morgan fingerprint density at radius 1 is 1.23 bits per heavy atom. The number of sulfonamides is 1. The van der Waals surface area contributed by atoms with Crippen LogP contribution in [0.15, 0.2) is 29.2 Å². The summed E-state index contributed by atoms with van der Waals surface area (Å²) in [6.07, 6.45) is 0. The first-order valence-corrected chi connectivity index (χ1v) is 8.88. The SMILES string of the molecule is COCCOc1ccc(S(=O)(=O)N2CCNC(C)C2C)cc1. The summed E-state index contributed by atoms with van der Waals surface area (Å²) in [7, 11) is -1.87. The molecule has 1 aliphatic rings. The van der Waals surface area contributed by atoms with Gasteiger partial charge < -0.3 is 14.8 Å². The summed E-state index contributed by atoms with van der Waals surface area (Å²) in [5.74, 6) is 0.637. The van der Waals surface area contributed by atoms with Crippen molar-refractivity contribution >= 4 is 10.0 Å². The van der Waals surface area contributed by atoms with Gasteiger partial charge in [-0.15, -0.1) is 0 Å². The van der Waals surface area contributed by atoms with Gasteiger partial charge >= 0.3 is 0 Å². The standard InChI is InChI=1S/C15H24N2O4S/c1-12-13(2)17(9-8-16-12)22(18,19)15-6-4-14(5-7-15)21-11-10-20-3/h4-7,12-13,16H,8-11H2,1-3H3. The fourth-order valence-electron chi connectivity index (χ4n) is 2.45. The Morgan fingerprint density at radius 3 is 2.55 bits per heavy atom. The van der Waals surface area contributed by atoms with Crippen LogP contribution >= 0.6 is 0 Å². The van der Waals surface area contributed by atoms with Crippen LogP contribution in [0.5, 0.6) is 5.75 Å². The molecule has 2 rings (SSSR count). The molecule has 0 bridgehead atoms. The first kappa shape index (κ1) is 17.2. The van der Waals surface area contributed by atoms with Gasteiger partial charge in [0.05, 0.1) is 11.5 Å². The number of piperazine rings is 1. The molecule has 22 heavy (non-hydrogen) atoms. The molecule has 7 heteroatoms. The predicted molar refractivity (Wildman–Crippen MR) is 84.6 cm³/mol. The van der Waals surface area contributed by atoms with Gasteiger partial charge in [-0.25, -0.2) is 8.42 Å². The van der Waals surface area contributed by atoms with Crippen molar-refractivity contribution in [3.63, 3.8) is 0 Å². The van der Waals surface area contributed by atoms with E-state index in [1.807, 2.05) is 13.8 Å². The van der Waals surface area contributed by atoms with E-state index in [0.29, 0.717) is 36.9 Å². The number of nitrogens with zero attached hydrogens (tertiary/aromatic N) is 1. The van der Waals surface area contributed by atoms with E-state index in [-0.39, 0.29) is 12.1 Å². The van der Waals surface area contributed by atoms with Crippen LogP contribution in [0.2, 0.25) is 0 Å². The normalized spacial score (nSPS) is 23.4. The Labute approximate surface area is 132 Å². The number of benzene rings is 1. The number of hydrogen-bond donors (Lipinski definition) is 1. The van der Waals surface area contributed by atoms with Gasteiger partial charge in [-0.3, -0.25) is 0 Å². The summed E-state index contributed by atoms with van der Waals surface area (Å²) in [5, 5.41) is 3.29. The largest absolute Gasteiger partial charge is 0.491 e. The molecule has 1 aromatic rings. The van der Waals surface area contributed by atoms with E-state index in [0.717, 1.165) is 0 Å². The van der Waals surface area contributed by atoms with Crippen molar-refractivity contribution in [1.29, 1.82) is 0 Å². The van der Waals surface area contributed by atoms with E-state index in [2.05, 4.69) is 5.32 Å². The van der Waals surface area contributed by atoms with Gasteiger partial charge in [0.15, 0.2) is 0 Å². The Morgan fingerprint density at radius 2 is 1.91 bits per heavy atom. The molecule has 6 nitrogen and oxygen atoms in total. The summed E-state index contributed by atoms with van der Waals surface area (Å²) in [4.78, 5) is 0.299. The third kappa shape index (κ3) is 3.78. The third-order valence-electron chi connectivity index (χ3n) is 3.96. The summed E-state index contributed by atoms with van der Waals surface area (Å²) in [6.45, 7) is 6.02. The summed E-state index contributed by atoms with van der Waals surface area (Å²) in [5.41, 5.74) is 0. The maximum absolute atomic E-state index is 12.8. The monoisotopic (exact) mass is 328 g/mol. The van der Waals surface area contributed by atoms with Gasteiger partial charge in [0.25, 0.3) is 0 Å². The molecule has 1 N–H and O–H groups in total. The molecular formula is C15H24N2O4S. The Bertz CT molecular complexity index is 574. The smallest absolute Gasteiger partial charge is 0.243 e. The van der Waals surface area contributed by atoms with Crippen LogP contribution < -0.4 is 10.1 Å². The Hall–Kier alpha value is -1.15. The summed E-state index contributed by atoms with van der Waals surface area (Å²) in [6, 6.07) is 6.61. The van der Waals surface area contributed by atoms with Gasteiger partial charge in [-0.1, -0.05) is 0 Å². The fourth-order valence-corrected chi connectivity index (χ4v) is 4.15. The molecule has 1 heterocycles. The van der Waals surface area contributed by atoms with Crippen molar-refractivity contribution in [3.8, 4) is 5.75 Å². The highest BCUT2D eigenvalue weighted by Crippen LogP contribution is 2.23. The molecule has 0 aromatic heterocycles. The van der Waals surface area contributed by atoms with E-state index >= 15 is 0 Å². The highest BCUT2D eigenvalue weighted by Gasteiger charge is 2.34. The predicted octanol–water partition coefficient (Wildman–Crippen LogP) is 1.08. The quantitative estimate of drug-likeness (QED) is 0.792. The zero-order valence-electron chi connectivity index (χ0n) is 13.3. The van der Waals surface area contributed by atoms with Crippen molar-refractivity contribution in [3.05, 3.63) is 24.3 Å². The summed E-state index contributed by atoms with van der Waals surface area (Å²) < 4.78 is 37.4. The minimum atomic E-state index is -3.47. The van der Waals surface area contributed by atoms with Crippen molar-refractivity contribution in [2.24, 2.45) is 0 Å². The van der Waals surface area contributed by atoms with Crippen LogP contribution in [-0.2, 0) is 14.8 Å². The lowest BCUT2D eigenvalue weighted by molar-refractivity contribution is 0.146. The van der Waals surface area contributed by atoms with Crippen LogP contribution in [0, 0.1) is 0 Å². The van der Waals surface area contributed by atoms with Crippen molar-refractivity contribution in [2.75, 3.05) is 33.4 Å². The van der Waals surface area contributed by atoms with Crippen LogP contribution in [0.3, 0.4) is 0 Å². The second-order valence-electron chi connectivity index (χ2n) is 5.41. The van der Waals surface area contributed by atoms with E-state index in [9.17, 15) is 8.42 Å². The molecule has 0 amide bonds. The van der Waals surface area contributed by atoms with Crippen molar-refractivity contribution in [1.82, 2.24) is 9.62 Å². The Kier molecular flexibility index (Phi) is 5.80. The van der Waals surface area contributed by atoms with Crippen LogP contribution in [0.4, 0.5) is 0 Å². The van der Waals surface area contributed by atoms with Crippen LogP contribution in [-0.4, -0.2) is 58.2 Å².